The lowest BCUT2D eigenvalue weighted by atomic mass is 9.94. The summed E-state index contributed by atoms with van der Waals surface area (Å²) >= 11 is 0. The first kappa shape index (κ1) is 29.2. The number of sulfonamides is 1. The highest BCUT2D eigenvalue weighted by atomic mass is 32.2. The summed E-state index contributed by atoms with van der Waals surface area (Å²) in [5, 5.41) is 10.8. The number of aromatic nitrogens is 2. The molecule has 8 nitrogen and oxygen atoms in total. The van der Waals surface area contributed by atoms with Gasteiger partial charge < -0.3 is 10.2 Å². The predicted molar refractivity (Wildman–Crippen MR) is 147 cm³/mol. The van der Waals surface area contributed by atoms with E-state index in [0.717, 1.165) is 5.56 Å². The quantitative estimate of drug-likeness (QED) is 0.222. The molecule has 0 saturated heterocycles. The monoisotopic (exact) mass is 573 g/mol. The van der Waals surface area contributed by atoms with E-state index in [1.165, 1.54) is 43.3 Å². The van der Waals surface area contributed by atoms with Gasteiger partial charge in [-0.2, -0.15) is 13.2 Å². The molecule has 4 aromatic rings. The van der Waals surface area contributed by atoms with Crippen molar-refractivity contribution in [1.82, 2.24) is 15.5 Å². The summed E-state index contributed by atoms with van der Waals surface area (Å²) in [6, 6.07) is 19.6. The summed E-state index contributed by atoms with van der Waals surface area (Å²) in [4.78, 5) is 0. The minimum atomic E-state index is -4.56. The van der Waals surface area contributed by atoms with Crippen LogP contribution in [0, 0.1) is 0 Å². The molecule has 212 valence electrons. The number of nitrogens with zero attached hydrogens (tertiary/aromatic N) is 2. The molecular formula is C28H30F3N5O3S. The van der Waals surface area contributed by atoms with E-state index in [2.05, 4.69) is 20.2 Å². The molecule has 0 fully saturated rings. The second-order valence-corrected chi connectivity index (χ2v) is 11.7. The minimum absolute atomic E-state index is 0.0500. The molecule has 12 heteroatoms. The third kappa shape index (κ3) is 7.46. The van der Waals surface area contributed by atoms with E-state index in [4.69, 9.17) is 10.2 Å². The van der Waals surface area contributed by atoms with Crippen LogP contribution in [0.25, 0.3) is 11.5 Å². The lowest BCUT2D eigenvalue weighted by molar-refractivity contribution is -0.158. The van der Waals surface area contributed by atoms with Gasteiger partial charge in [-0.25, -0.2) is 8.42 Å². The summed E-state index contributed by atoms with van der Waals surface area (Å²) in [6.45, 7) is 3.00. The van der Waals surface area contributed by atoms with Crippen LogP contribution in [0.1, 0.15) is 42.5 Å². The van der Waals surface area contributed by atoms with Crippen molar-refractivity contribution in [3.05, 3.63) is 101 Å². The van der Waals surface area contributed by atoms with E-state index < -0.39 is 27.8 Å². The van der Waals surface area contributed by atoms with Crippen molar-refractivity contribution < 1.29 is 26.0 Å². The van der Waals surface area contributed by atoms with Crippen molar-refractivity contribution in [3.63, 3.8) is 0 Å². The maximum absolute atomic E-state index is 13.9. The van der Waals surface area contributed by atoms with Gasteiger partial charge in [0.25, 0.3) is 0 Å². The zero-order valence-electron chi connectivity index (χ0n) is 21.9. The average Bonchev–Trinajstić information content (AvgIpc) is 3.40. The fourth-order valence-electron chi connectivity index (χ4n) is 4.18. The van der Waals surface area contributed by atoms with Crippen molar-refractivity contribution in [3.8, 4) is 11.5 Å². The van der Waals surface area contributed by atoms with Gasteiger partial charge in [-0.3, -0.25) is 10.0 Å². The van der Waals surface area contributed by atoms with Gasteiger partial charge in [0, 0.05) is 17.8 Å². The van der Waals surface area contributed by atoms with Crippen LogP contribution in [0.5, 0.6) is 0 Å². The van der Waals surface area contributed by atoms with Crippen LogP contribution < -0.4 is 15.8 Å². The smallest absolute Gasteiger partial charge is 0.407 e. The molecule has 2 unspecified atom stereocenters. The molecule has 1 heterocycles. The first-order chi connectivity index (χ1) is 18.9. The highest BCUT2D eigenvalue weighted by Crippen LogP contribution is 2.34. The predicted octanol–water partition coefficient (Wildman–Crippen LogP) is 5.31. The Labute approximate surface area is 230 Å². The Hall–Kier alpha value is -3.74. The Kier molecular flexibility index (Phi) is 8.62. The summed E-state index contributed by atoms with van der Waals surface area (Å²) < 4.78 is 74.5. The SMILES string of the molecule is CCS(=O)(=O)Nc1cc(CNC(c2ccccc2)C(F)(F)F)cc(-c2nnc(C(C)(N)Cc3ccccc3)o2)c1. The molecule has 0 saturated carbocycles. The van der Waals surface area contributed by atoms with Crippen molar-refractivity contribution >= 4 is 15.7 Å². The number of benzene rings is 3. The van der Waals surface area contributed by atoms with E-state index in [0.29, 0.717) is 17.5 Å². The molecule has 0 aliphatic rings. The number of nitrogens with two attached hydrogens (primary N) is 1. The first-order valence-corrected chi connectivity index (χ1v) is 14.2. The topological polar surface area (TPSA) is 123 Å². The number of hydrogen-bond donors (Lipinski definition) is 3. The highest BCUT2D eigenvalue weighted by Gasteiger charge is 2.40. The highest BCUT2D eigenvalue weighted by molar-refractivity contribution is 7.92. The minimum Gasteiger partial charge on any atom is -0.419 e. The molecule has 0 spiro atoms. The number of anilines is 1. The van der Waals surface area contributed by atoms with Gasteiger partial charge in [0.2, 0.25) is 21.8 Å². The molecule has 2 atom stereocenters. The van der Waals surface area contributed by atoms with Crippen molar-refractivity contribution in [2.24, 2.45) is 5.73 Å². The Balaban J connectivity index is 1.65. The lowest BCUT2D eigenvalue weighted by Crippen LogP contribution is -2.35. The second-order valence-electron chi connectivity index (χ2n) is 9.68. The Morgan fingerprint density at radius 1 is 0.950 bits per heavy atom. The summed E-state index contributed by atoms with van der Waals surface area (Å²) in [7, 11) is -3.68. The molecule has 3 aromatic carbocycles. The van der Waals surface area contributed by atoms with Gasteiger partial charge >= 0.3 is 6.18 Å². The van der Waals surface area contributed by atoms with Crippen LogP contribution >= 0.6 is 0 Å². The van der Waals surface area contributed by atoms with Crippen molar-refractivity contribution in [1.29, 1.82) is 0 Å². The molecule has 4 N–H and O–H groups in total. The zero-order chi connectivity index (χ0) is 29.0. The first-order valence-electron chi connectivity index (χ1n) is 12.5. The maximum atomic E-state index is 13.9. The Morgan fingerprint density at radius 3 is 2.23 bits per heavy atom. The van der Waals surface area contributed by atoms with Gasteiger partial charge in [-0.15, -0.1) is 10.2 Å². The molecular weight excluding hydrogens is 543 g/mol. The normalized spacial score (nSPS) is 14.4. The number of hydrogen-bond acceptors (Lipinski definition) is 7. The molecule has 0 amide bonds. The maximum Gasteiger partial charge on any atom is 0.407 e. The van der Waals surface area contributed by atoms with Gasteiger partial charge in [-0.05, 0) is 55.2 Å². The average molecular weight is 574 g/mol. The van der Waals surface area contributed by atoms with Crippen LogP contribution in [0.3, 0.4) is 0 Å². The lowest BCUT2D eigenvalue weighted by Gasteiger charge is -2.22. The molecule has 0 aliphatic heterocycles. The van der Waals surface area contributed by atoms with Crippen LogP contribution in [-0.2, 0) is 28.5 Å². The zero-order valence-corrected chi connectivity index (χ0v) is 22.8. The number of nitrogens with one attached hydrogen (secondary N) is 2. The van der Waals surface area contributed by atoms with E-state index in [1.54, 1.807) is 19.1 Å². The number of rotatable bonds is 11. The molecule has 0 aliphatic carbocycles. The molecule has 4 rings (SSSR count). The number of halogens is 3. The molecule has 0 radical (unpaired) electrons. The van der Waals surface area contributed by atoms with Gasteiger partial charge in [0.15, 0.2) is 0 Å². The standard InChI is InChI=1S/C28H30F3N5O3S/c1-3-40(37,38)36-23-15-20(18-33-24(28(29,30)31)21-12-8-5-9-13-21)14-22(16-23)25-34-35-26(39-25)27(2,32)17-19-10-6-4-7-11-19/h4-16,24,33,36H,3,17-18,32H2,1-2H3. The third-order valence-electron chi connectivity index (χ3n) is 6.19. The Bertz CT molecular complexity index is 1530. The summed E-state index contributed by atoms with van der Waals surface area (Å²) in [5.41, 5.74) is 7.36. The van der Waals surface area contributed by atoms with E-state index in [1.807, 2.05) is 30.3 Å². The van der Waals surface area contributed by atoms with Crippen LogP contribution in [-0.4, -0.2) is 30.5 Å². The second kappa shape index (κ2) is 11.8. The number of alkyl halides is 3. The van der Waals surface area contributed by atoms with E-state index >= 15 is 0 Å². The fraction of sp³-hybridized carbons (Fsp3) is 0.286. The van der Waals surface area contributed by atoms with Gasteiger partial charge in [-0.1, -0.05) is 60.7 Å². The largest absolute Gasteiger partial charge is 0.419 e. The Morgan fingerprint density at radius 2 is 1.60 bits per heavy atom. The van der Waals surface area contributed by atoms with E-state index in [-0.39, 0.29) is 35.3 Å². The van der Waals surface area contributed by atoms with Crippen LogP contribution in [0.15, 0.2) is 83.3 Å². The molecule has 0 bridgehead atoms. The van der Waals surface area contributed by atoms with Crippen molar-refractivity contribution in [2.75, 3.05) is 10.5 Å². The molecule has 40 heavy (non-hydrogen) atoms. The summed E-state index contributed by atoms with van der Waals surface area (Å²) in [6.07, 6.45) is -4.14. The van der Waals surface area contributed by atoms with Gasteiger partial charge in [0.1, 0.15) is 6.04 Å². The molecule has 1 aromatic heterocycles. The van der Waals surface area contributed by atoms with Gasteiger partial charge in [0.05, 0.1) is 11.3 Å². The third-order valence-corrected chi connectivity index (χ3v) is 7.50. The summed E-state index contributed by atoms with van der Waals surface area (Å²) in [5.74, 6) is 0.0192. The van der Waals surface area contributed by atoms with E-state index in [9.17, 15) is 21.6 Å². The fourth-order valence-corrected chi connectivity index (χ4v) is 4.80. The van der Waals surface area contributed by atoms with Crippen LogP contribution in [0.4, 0.5) is 18.9 Å². The van der Waals surface area contributed by atoms with Crippen LogP contribution in [0.2, 0.25) is 0 Å². The van der Waals surface area contributed by atoms with Crippen molar-refractivity contribution in [2.45, 2.75) is 44.6 Å².